The molecule has 32 heavy (non-hydrogen) atoms. The molecule has 0 fully saturated rings. The summed E-state index contributed by atoms with van der Waals surface area (Å²) in [4.78, 5) is 34.4. The number of hydrogen-bond donors (Lipinski definition) is 2. The lowest BCUT2D eigenvalue weighted by atomic mass is 10.1. The minimum atomic E-state index is -0.631. The first-order valence-corrected chi connectivity index (χ1v) is 10.5. The summed E-state index contributed by atoms with van der Waals surface area (Å²) >= 11 is 8.96. The Morgan fingerprint density at radius 3 is 2.72 bits per heavy atom. The number of anilines is 1. The number of aromatic hydroxyl groups is 1. The SMILES string of the molecule is C[C@@H](c1cccc(F)c1)n1cnc2cccc(NC(=O)c3cc(Cl)c(O)c(Br)n3)c2c1=O. The third kappa shape index (κ3) is 4.09. The van der Waals surface area contributed by atoms with E-state index in [0.29, 0.717) is 11.1 Å². The second-order valence-electron chi connectivity index (χ2n) is 6.97. The molecule has 4 aromatic rings. The highest BCUT2D eigenvalue weighted by Gasteiger charge is 2.18. The van der Waals surface area contributed by atoms with E-state index in [9.17, 15) is 19.1 Å². The monoisotopic (exact) mass is 516 g/mol. The van der Waals surface area contributed by atoms with Crippen LogP contribution in [0.25, 0.3) is 10.9 Å². The van der Waals surface area contributed by atoms with Crippen LogP contribution < -0.4 is 10.9 Å². The molecule has 7 nitrogen and oxygen atoms in total. The molecule has 0 aliphatic heterocycles. The average Bonchev–Trinajstić information content (AvgIpc) is 2.77. The number of hydrogen-bond acceptors (Lipinski definition) is 5. The number of amides is 1. The second-order valence-corrected chi connectivity index (χ2v) is 8.13. The zero-order chi connectivity index (χ0) is 23.0. The van der Waals surface area contributed by atoms with Crippen molar-refractivity contribution in [1.82, 2.24) is 14.5 Å². The largest absolute Gasteiger partial charge is 0.504 e. The summed E-state index contributed by atoms with van der Waals surface area (Å²) in [6.45, 7) is 1.75. The normalized spacial score (nSPS) is 12.0. The summed E-state index contributed by atoms with van der Waals surface area (Å²) in [6, 6.07) is 11.6. The Kier molecular flexibility index (Phi) is 5.94. The Morgan fingerprint density at radius 2 is 2.00 bits per heavy atom. The molecule has 4 rings (SSSR count). The average molecular weight is 518 g/mol. The zero-order valence-electron chi connectivity index (χ0n) is 16.5. The van der Waals surface area contributed by atoms with Crippen molar-refractivity contribution in [2.45, 2.75) is 13.0 Å². The van der Waals surface area contributed by atoms with Gasteiger partial charge in [0.2, 0.25) is 0 Å². The van der Waals surface area contributed by atoms with Crippen molar-refractivity contribution in [2.24, 2.45) is 0 Å². The highest BCUT2D eigenvalue weighted by Crippen LogP contribution is 2.31. The first kappa shape index (κ1) is 21.9. The summed E-state index contributed by atoms with van der Waals surface area (Å²) in [5, 5.41) is 12.5. The van der Waals surface area contributed by atoms with Gasteiger partial charge in [-0.05, 0) is 58.7 Å². The van der Waals surface area contributed by atoms with Crippen LogP contribution in [0.2, 0.25) is 5.02 Å². The van der Waals surface area contributed by atoms with Crippen LogP contribution in [-0.2, 0) is 0 Å². The molecular formula is C22H15BrClFN4O3. The summed E-state index contributed by atoms with van der Waals surface area (Å²) in [5.74, 6) is -1.32. The molecule has 0 radical (unpaired) electrons. The Bertz CT molecular complexity index is 1400. The molecule has 0 unspecified atom stereocenters. The van der Waals surface area contributed by atoms with Crippen LogP contribution in [0.3, 0.4) is 0 Å². The Morgan fingerprint density at radius 1 is 1.25 bits per heavy atom. The number of carbonyl (C=O) groups excluding carboxylic acids is 1. The molecule has 2 aromatic carbocycles. The molecule has 10 heteroatoms. The van der Waals surface area contributed by atoms with Crippen molar-refractivity contribution in [2.75, 3.05) is 5.32 Å². The van der Waals surface area contributed by atoms with E-state index in [0.717, 1.165) is 0 Å². The molecule has 0 saturated heterocycles. The lowest BCUT2D eigenvalue weighted by molar-refractivity contribution is 0.102. The topological polar surface area (TPSA) is 97.1 Å². The molecule has 2 N–H and O–H groups in total. The Hall–Kier alpha value is -3.30. The van der Waals surface area contributed by atoms with E-state index in [1.807, 2.05) is 0 Å². The van der Waals surface area contributed by atoms with Gasteiger partial charge in [0.15, 0.2) is 5.75 Å². The Labute approximate surface area is 194 Å². The number of rotatable bonds is 4. The number of nitrogens with zero attached hydrogens (tertiary/aromatic N) is 3. The van der Waals surface area contributed by atoms with E-state index in [1.165, 1.54) is 29.1 Å². The van der Waals surface area contributed by atoms with Crippen molar-refractivity contribution in [1.29, 1.82) is 0 Å². The van der Waals surface area contributed by atoms with Gasteiger partial charge < -0.3 is 10.4 Å². The smallest absolute Gasteiger partial charge is 0.274 e. The third-order valence-electron chi connectivity index (χ3n) is 4.94. The quantitative estimate of drug-likeness (QED) is 0.375. The van der Waals surface area contributed by atoms with Crippen molar-refractivity contribution >= 4 is 50.0 Å². The van der Waals surface area contributed by atoms with E-state index in [-0.39, 0.29) is 32.1 Å². The maximum absolute atomic E-state index is 13.7. The zero-order valence-corrected chi connectivity index (χ0v) is 18.9. The highest BCUT2D eigenvalue weighted by atomic mass is 79.9. The molecule has 0 spiro atoms. The second kappa shape index (κ2) is 8.68. The molecule has 2 heterocycles. The standard InChI is InChI=1S/C22H15BrClFN4O3/c1-11(12-4-2-5-13(25)8-12)29-10-26-15-6-3-7-16(18(15)22(29)32)28-21(31)17-9-14(24)19(30)20(23)27-17/h2-11,30H,1H3,(H,28,31)/t11-/m0/s1. The van der Waals surface area contributed by atoms with Gasteiger partial charge in [0.05, 0.1) is 34.0 Å². The van der Waals surface area contributed by atoms with Crippen LogP contribution in [0, 0.1) is 5.82 Å². The van der Waals surface area contributed by atoms with Crippen molar-refractivity contribution in [3.05, 3.63) is 91.9 Å². The molecule has 1 atom stereocenters. The molecule has 0 bridgehead atoms. The fourth-order valence-corrected chi connectivity index (χ4v) is 3.98. The minimum absolute atomic E-state index is 0.0148. The maximum Gasteiger partial charge on any atom is 0.274 e. The van der Waals surface area contributed by atoms with Gasteiger partial charge in [-0.3, -0.25) is 14.2 Å². The number of pyridine rings is 1. The van der Waals surface area contributed by atoms with Gasteiger partial charge >= 0.3 is 0 Å². The molecule has 0 aliphatic rings. The van der Waals surface area contributed by atoms with Crippen LogP contribution >= 0.6 is 27.5 Å². The predicted molar refractivity (Wildman–Crippen MR) is 123 cm³/mol. The van der Waals surface area contributed by atoms with Crippen LogP contribution in [0.1, 0.15) is 29.0 Å². The van der Waals surface area contributed by atoms with Crippen LogP contribution in [0.4, 0.5) is 10.1 Å². The summed E-state index contributed by atoms with van der Waals surface area (Å²) in [5.41, 5.74) is 0.749. The van der Waals surface area contributed by atoms with Crippen molar-refractivity contribution in [3.8, 4) is 5.75 Å². The summed E-state index contributed by atoms with van der Waals surface area (Å²) in [7, 11) is 0. The molecule has 0 saturated carbocycles. The van der Waals surface area contributed by atoms with E-state index in [1.54, 1.807) is 37.3 Å². The van der Waals surface area contributed by atoms with E-state index >= 15 is 0 Å². The van der Waals surface area contributed by atoms with Crippen molar-refractivity contribution < 1.29 is 14.3 Å². The van der Waals surface area contributed by atoms with Gasteiger partial charge in [-0.15, -0.1) is 0 Å². The first-order valence-electron chi connectivity index (χ1n) is 9.38. The number of aromatic nitrogens is 3. The minimum Gasteiger partial charge on any atom is -0.504 e. The lowest BCUT2D eigenvalue weighted by Crippen LogP contribution is -2.26. The highest BCUT2D eigenvalue weighted by molar-refractivity contribution is 9.10. The molecule has 1 amide bonds. The predicted octanol–water partition coefficient (Wildman–Crippen LogP) is 4.91. The van der Waals surface area contributed by atoms with Gasteiger partial charge in [0, 0.05) is 0 Å². The van der Waals surface area contributed by atoms with Crippen LogP contribution in [0.5, 0.6) is 5.75 Å². The van der Waals surface area contributed by atoms with Gasteiger partial charge in [0.25, 0.3) is 11.5 Å². The number of nitrogens with one attached hydrogen (secondary N) is 1. The molecule has 0 aliphatic carbocycles. The fourth-order valence-electron chi connectivity index (χ4n) is 3.27. The Balaban J connectivity index is 1.77. The van der Waals surface area contributed by atoms with Gasteiger partial charge in [-0.2, -0.15) is 0 Å². The fraction of sp³-hybridized carbons (Fsp3) is 0.0909. The number of benzene rings is 2. The number of fused-ring (bicyclic) bond motifs is 1. The summed E-state index contributed by atoms with van der Waals surface area (Å²) < 4.78 is 15.1. The first-order chi connectivity index (χ1) is 15.3. The molecule has 2 aromatic heterocycles. The lowest BCUT2D eigenvalue weighted by Gasteiger charge is -2.17. The van der Waals surface area contributed by atoms with Gasteiger partial charge in [-0.1, -0.05) is 29.8 Å². The maximum atomic E-state index is 13.7. The van der Waals surface area contributed by atoms with Gasteiger partial charge in [-0.25, -0.2) is 14.4 Å². The van der Waals surface area contributed by atoms with Crippen LogP contribution in [-0.4, -0.2) is 25.5 Å². The third-order valence-corrected chi connectivity index (χ3v) is 5.79. The molecule has 162 valence electrons. The van der Waals surface area contributed by atoms with Crippen LogP contribution in [0.15, 0.2) is 64.3 Å². The number of carbonyl (C=O) groups is 1. The van der Waals surface area contributed by atoms with Crippen molar-refractivity contribution in [3.63, 3.8) is 0 Å². The number of halogens is 3. The van der Waals surface area contributed by atoms with Gasteiger partial charge in [0.1, 0.15) is 16.1 Å². The summed E-state index contributed by atoms with van der Waals surface area (Å²) in [6.07, 6.45) is 1.39. The van der Waals surface area contributed by atoms with E-state index in [2.05, 4.69) is 31.2 Å². The molecular weight excluding hydrogens is 503 g/mol. The van der Waals surface area contributed by atoms with E-state index in [4.69, 9.17) is 11.6 Å². The van der Waals surface area contributed by atoms with E-state index < -0.39 is 23.3 Å².